The number of piperazine rings is 1. The molecule has 0 aromatic rings. The number of nitrogens with one attached hydrogen (secondary N) is 1. The molecule has 1 saturated heterocycles. The Bertz CT molecular complexity index is 305. The molecule has 1 rings (SSSR count). The molecule has 0 amide bonds. The van der Waals surface area contributed by atoms with Gasteiger partial charge in [-0.1, -0.05) is 104 Å². The van der Waals surface area contributed by atoms with Crippen molar-refractivity contribution >= 4 is 0 Å². The van der Waals surface area contributed by atoms with Crippen LogP contribution in [0.5, 0.6) is 0 Å². The number of hydrogen-bond acceptors (Lipinski definition) is 4. The number of hydrogen-bond donors (Lipinski definition) is 3. The van der Waals surface area contributed by atoms with E-state index in [-0.39, 0.29) is 12.2 Å². The first-order valence-electron chi connectivity index (χ1n) is 12.7. The van der Waals surface area contributed by atoms with Crippen LogP contribution in [0.25, 0.3) is 0 Å². The Hall–Kier alpha value is -0.160. The van der Waals surface area contributed by atoms with Gasteiger partial charge in [-0.2, -0.15) is 0 Å². The fraction of sp³-hybridized carbons (Fsp3) is 1.00. The highest BCUT2D eigenvalue weighted by molar-refractivity contribution is 4.90. The van der Waals surface area contributed by atoms with Crippen molar-refractivity contribution in [3.05, 3.63) is 0 Å². The maximum Gasteiger partial charge on any atom is 0.0576 e. The molecule has 3 unspecified atom stereocenters. The maximum atomic E-state index is 6.62. The van der Waals surface area contributed by atoms with Crippen molar-refractivity contribution in [2.75, 3.05) is 19.6 Å². The van der Waals surface area contributed by atoms with E-state index in [9.17, 15) is 0 Å². The third-order valence-electron chi connectivity index (χ3n) is 6.49. The highest BCUT2D eigenvalue weighted by Crippen LogP contribution is 2.18. The van der Waals surface area contributed by atoms with Crippen LogP contribution < -0.4 is 16.8 Å². The highest BCUT2D eigenvalue weighted by atomic mass is 15.3. The molecule has 168 valence electrons. The molecule has 0 bridgehead atoms. The minimum Gasteiger partial charge on any atom is -0.326 e. The predicted octanol–water partition coefficient (Wildman–Crippen LogP) is 5.15. The van der Waals surface area contributed by atoms with Gasteiger partial charge in [-0.25, -0.2) is 0 Å². The van der Waals surface area contributed by atoms with Crippen LogP contribution in [0.2, 0.25) is 0 Å². The highest BCUT2D eigenvalue weighted by Gasteiger charge is 2.30. The standard InChI is InChI=1S/C24H52N4/c1-3-5-7-9-11-13-15-17-22(25)23-21-27-19-20-28(23)24(26)18-16-14-12-10-8-6-4-2/h22-24,27H,3-21,25-26H2,1-2H3. The zero-order valence-electron chi connectivity index (χ0n) is 19.3. The molecule has 1 heterocycles. The SMILES string of the molecule is CCCCCCCCCC(N)C1CNCCN1C(N)CCCCCCCCC. The number of unbranched alkanes of at least 4 members (excludes halogenated alkanes) is 12. The van der Waals surface area contributed by atoms with Gasteiger partial charge in [0.1, 0.15) is 0 Å². The summed E-state index contributed by atoms with van der Waals surface area (Å²) in [5, 5.41) is 3.54. The first-order valence-corrected chi connectivity index (χ1v) is 12.7. The largest absolute Gasteiger partial charge is 0.326 e. The third-order valence-corrected chi connectivity index (χ3v) is 6.49. The summed E-state index contributed by atoms with van der Waals surface area (Å²) >= 11 is 0. The zero-order chi connectivity index (χ0) is 20.5. The average Bonchev–Trinajstić information content (AvgIpc) is 2.72. The quantitative estimate of drug-likeness (QED) is 0.280. The Morgan fingerprint density at radius 2 is 1.25 bits per heavy atom. The molecule has 5 N–H and O–H groups in total. The van der Waals surface area contributed by atoms with Crippen molar-refractivity contribution in [2.24, 2.45) is 11.5 Å². The molecule has 0 aromatic carbocycles. The Labute approximate surface area is 176 Å². The molecule has 0 saturated carbocycles. The molecule has 0 aromatic heterocycles. The third kappa shape index (κ3) is 11.7. The number of nitrogens with zero attached hydrogens (tertiary/aromatic N) is 1. The van der Waals surface area contributed by atoms with Gasteiger partial charge in [0.2, 0.25) is 0 Å². The molecule has 28 heavy (non-hydrogen) atoms. The molecule has 3 atom stereocenters. The van der Waals surface area contributed by atoms with Crippen LogP contribution in [0, 0.1) is 0 Å². The molecule has 1 aliphatic rings. The van der Waals surface area contributed by atoms with E-state index in [1.807, 2.05) is 0 Å². The van der Waals surface area contributed by atoms with Crippen LogP contribution in [0.1, 0.15) is 117 Å². The Balaban J connectivity index is 2.21. The van der Waals surface area contributed by atoms with Crippen LogP contribution in [0.4, 0.5) is 0 Å². The Kier molecular flexibility index (Phi) is 16.3. The van der Waals surface area contributed by atoms with Gasteiger partial charge in [0.05, 0.1) is 6.17 Å². The lowest BCUT2D eigenvalue weighted by atomic mass is 9.97. The van der Waals surface area contributed by atoms with Gasteiger partial charge in [0.25, 0.3) is 0 Å². The normalized spacial score (nSPS) is 20.4. The second kappa shape index (κ2) is 17.7. The minimum absolute atomic E-state index is 0.183. The van der Waals surface area contributed by atoms with E-state index < -0.39 is 0 Å². The van der Waals surface area contributed by atoms with Gasteiger partial charge >= 0.3 is 0 Å². The lowest BCUT2D eigenvalue weighted by Crippen LogP contribution is -2.63. The van der Waals surface area contributed by atoms with Crippen molar-refractivity contribution in [1.82, 2.24) is 10.2 Å². The first-order chi connectivity index (χ1) is 13.7. The molecule has 0 aliphatic carbocycles. The van der Waals surface area contributed by atoms with Gasteiger partial charge in [-0.15, -0.1) is 0 Å². The van der Waals surface area contributed by atoms with Gasteiger partial charge in [-0.3, -0.25) is 4.90 Å². The van der Waals surface area contributed by atoms with Crippen molar-refractivity contribution in [3.8, 4) is 0 Å². The molecule has 0 spiro atoms. The van der Waals surface area contributed by atoms with E-state index in [0.29, 0.717) is 6.04 Å². The first kappa shape index (κ1) is 25.9. The smallest absolute Gasteiger partial charge is 0.0576 e. The minimum atomic E-state index is 0.183. The number of nitrogens with two attached hydrogens (primary N) is 2. The Morgan fingerprint density at radius 3 is 1.82 bits per heavy atom. The van der Waals surface area contributed by atoms with Crippen molar-refractivity contribution in [1.29, 1.82) is 0 Å². The summed E-state index contributed by atoms with van der Waals surface area (Å²) in [7, 11) is 0. The van der Waals surface area contributed by atoms with Crippen LogP contribution in [0.15, 0.2) is 0 Å². The van der Waals surface area contributed by atoms with Crippen molar-refractivity contribution in [3.63, 3.8) is 0 Å². The monoisotopic (exact) mass is 396 g/mol. The summed E-state index contributed by atoms with van der Waals surface area (Å²) in [4.78, 5) is 2.51. The van der Waals surface area contributed by atoms with Crippen LogP contribution in [0.3, 0.4) is 0 Å². The number of rotatable bonds is 18. The van der Waals surface area contributed by atoms with E-state index in [0.717, 1.165) is 32.5 Å². The van der Waals surface area contributed by atoms with Crippen LogP contribution in [-0.2, 0) is 0 Å². The van der Waals surface area contributed by atoms with E-state index in [2.05, 4.69) is 24.1 Å². The molecular formula is C24H52N4. The van der Waals surface area contributed by atoms with Gasteiger partial charge in [0, 0.05) is 31.7 Å². The molecule has 4 heteroatoms. The summed E-state index contributed by atoms with van der Waals surface area (Å²) in [6, 6.07) is 0.664. The van der Waals surface area contributed by atoms with Crippen molar-refractivity contribution < 1.29 is 0 Å². The van der Waals surface area contributed by atoms with Crippen LogP contribution >= 0.6 is 0 Å². The molecule has 1 aliphatic heterocycles. The van der Waals surface area contributed by atoms with E-state index in [4.69, 9.17) is 11.5 Å². The van der Waals surface area contributed by atoms with E-state index in [1.54, 1.807) is 0 Å². The maximum absolute atomic E-state index is 6.62. The Morgan fingerprint density at radius 1 is 0.750 bits per heavy atom. The molecule has 1 fully saturated rings. The van der Waals surface area contributed by atoms with Gasteiger partial charge < -0.3 is 16.8 Å². The summed E-state index contributed by atoms with van der Waals surface area (Å²) in [6.45, 7) is 7.66. The second-order valence-corrected chi connectivity index (χ2v) is 9.06. The lowest BCUT2D eigenvalue weighted by molar-refractivity contribution is 0.0823. The van der Waals surface area contributed by atoms with Gasteiger partial charge in [0.15, 0.2) is 0 Å². The second-order valence-electron chi connectivity index (χ2n) is 9.06. The van der Waals surface area contributed by atoms with E-state index >= 15 is 0 Å². The van der Waals surface area contributed by atoms with Crippen LogP contribution in [-0.4, -0.2) is 42.8 Å². The van der Waals surface area contributed by atoms with Crippen molar-refractivity contribution in [2.45, 2.75) is 135 Å². The molecular weight excluding hydrogens is 344 g/mol. The summed E-state index contributed by atoms with van der Waals surface area (Å²) in [5.41, 5.74) is 13.2. The lowest BCUT2D eigenvalue weighted by Gasteiger charge is -2.43. The fourth-order valence-corrected chi connectivity index (χ4v) is 4.56. The summed E-state index contributed by atoms with van der Waals surface area (Å²) in [5.74, 6) is 0. The average molecular weight is 397 g/mol. The fourth-order valence-electron chi connectivity index (χ4n) is 4.56. The topological polar surface area (TPSA) is 67.3 Å². The predicted molar refractivity (Wildman–Crippen MR) is 125 cm³/mol. The molecule has 0 radical (unpaired) electrons. The zero-order valence-corrected chi connectivity index (χ0v) is 19.3. The molecule has 4 nitrogen and oxygen atoms in total. The van der Waals surface area contributed by atoms with Gasteiger partial charge in [-0.05, 0) is 12.8 Å². The van der Waals surface area contributed by atoms with E-state index in [1.165, 1.54) is 89.9 Å². The summed E-state index contributed by atoms with van der Waals surface area (Å²) < 4.78 is 0. The summed E-state index contributed by atoms with van der Waals surface area (Å²) in [6.07, 6.45) is 21.4.